The summed E-state index contributed by atoms with van der Waals surface area (Å²) in [5.74, 6) is -0.995. The molecule has 2 amide bonds. The van der Waals surface area contributed by atoms with Gasteiger partial charge in [0.2, 0.25) is 0 Å². The number of amides is 2. The quantitative estimate of drug-likeness (QED) is 0.741. The van der Waals surface area contributed by atoms with Gasteiger partial charge in [0.05, 0.1) is 19.3 Å². The van der Waals surface area contributed by atoms with Crippen molar-refractivity contribution >= 4 is 12.0 Å². The van der Waals surface area contributed by atoms with Crippen molar-refractivity contribution in [3.05, 3.63) is 0 Å². The molecule has 0 spiro atoms. The van der Waals surface area contributed by atoms with Crippen LogP contribution in [-0.2, 0) is 14.3 Å². The average Bonchev–Trinajstić information content (AvgIpc) is 2.40. The molecule has 0 saturated carbocycles. The fourth-order valence-electron chi connectivity index (χ4n) is 2.42. The zero-order chi connectivity index (χ0) is 13.9. The average molecular weight is 272 g/mol. The Kier molecular flexibility index (Phi) is 4.26. The van der Waals surface area contributed by atoms with Crippen LogP contribution in [0.15, 0.2) is 0 Å². The minimum absolute atomic E-state index is 0.0422. The number of carbonyl (C=O) groups is 2. The van der Waals surface area contributed by atoms with Crippen LogP contribution in [0.2, 0.25) is 0 Å². The van der Waals surface area contributed by atoms with Crippen molar-refractivity contribution in [1.29, 1.82) is 0 Å². The van der Waals surface area contributed by atoms with Crippen molar-refractivity contribution in [2.75, 3.05) is 33.0 Å². The molecule has 19 heavy (non-hydrogen) atoms. The molecule has 0 aromatic heterocycles. The zero-order valence-electron chi connectivity index (χ0n) is 11.1. The van der Waals surface area contributed by atoms with Crippen LogP contribution < -0.4 is 5.32 Å². The highest BCUT2D eigenvalue weighted by Crippen LogP contribution is 2.22. The molecule has 0 aromatic rings. The molecule has 2 aliphatic heterocycles. The molecule has 0 bridgehead atoms. The molecule has 2 fully saturated rings. The molecule has 2 saturated heterocycles. The maximum atomic E-state index is 12.2. The van der Waals surface area contributed by atoms with E-state index in [-0.39, 0.29) is 12.1 Å². The maximum absolute atomic E-state index is 12.2. The van der Waals surface area contributed by atoms with Gasteiger partial charge in [-0.2, -0.15) is 0 Å². The van der Waals surface area contributed by atoms with E-state index in [0.29, 0.717) is 45.8 Å². The Balaban J connectivity index is 2.04. The Morgan fingerprint density at radius 3 is 2.53 bits per heavy atom. The standard InChI is InChI=1S/C12H20N2O5/c1-9-8-19-7-4-14(9)11(17)13-12(10(15)16)2-5-18-6-3-12/h9H,2-8H2,1H3,(H,13,17)(H,15,16). The number of carbonyl (C=O) groups excluding carboxylic acids is 1. The normalized spacial score (nSPS) is 26.8. The Hall–Kier alpha value is -1.34. The van der Waals surface area contributed by atoms with Crippen LogP contribution in [0.4, 0.5) is 4.79 Å². The lowest BCUT2D eigenvalue weighted by molar-refractivity contribution is -0.148. The fraction of sp³-hybridized carbons (Fsp3) is 0.833. The lowest BCUT2D eigenvalue weighted by atomic mass is 9.90. The number of ether oxygens (including phenoxy) is 2. The first kappa shape index (κ1) is 14.1. The van der Waals surface area contributed by atoms with Crippen molar-refractivity contribution in [2.24, 2.45) is 0 Å². The Morgan fingerprint density at radius 2 is 1.95 bits per heavy atom. The maximum Gasteiger partial charge on any atom is 0.329 e. The molecule has 2 aliphatic rings. The van der Waals surface area contributed by atoms with Crippen LogP contribution in [0.5, 0.6) is 0 Å². The van der Waals surface area contributed by atoms with Crippen molar-refractivity contribution in [3.8, 4) is 0 Å². The number of rotatable bonds is 2. The highest BCUT2D eigenvalue weighted by Gasteiger charge is 2.43. The monoisotopic (exact) mass is 272 g/mol. The summed E-state index contributed by atoms with van der Waals surface area (Å²) in [6, 6.07) is -0.375. The van der Waals surface area contributed by atoms with E-state index in [1.807, 2.05) is 6.92 Å². The summed E-state index contributed by atoms with van der Waals surface area (Å²) in [6.45, 7) is 4.05. The predicted octanol–water partition coefficient (Wildman–Crippen LogP) is 0.0505. The van der Waals surface area contributed by atoms with Gasteiger partial charge in [0.15, 0.2) is 0 Å². The summed E-state index contributed by atoms with van der Waals surface area (Å²) < 4.78 is 10.4. The van der Waals surface area contributed by atoms with Crippen LogP contribution >= 0.6 is 0 Å². The third-order valence-electron chi connectivity index (χ3n) is 3.73. The van der Waals surface area contributed by atoms with E-state index in [9.17, 15) is 14.7 Å². The first-order chi connectivity index (χ1) is 9.05. The molecule has 1 atom stereocenters. The minimum Gasteiger partial charge on any atom is -0.480 e. The Bertz CT molecular complexity index is 354. The van der Waals surface area contributed by atoms with Crippen molar-refractivity contribution in [1.82, 2.24) is 10.2 Å². The molecule has 0 aromatic carbocycles. The van der Waals surface area contributed by atoms with Gasteiger partial charge in [0.1, 0.15) is 5.54 Å². The first-order valence-corrected chi connectivity index (χ1v) is 6.53. The Labute approximate surface area is 111 Å². The topological polar surface area (TPSA) is 88.1 Å². The summed E-state index contributed by atoms with van der Waals surface area (Å²) in [4.78, 5) is 25.3. The second-order valence-electron chi connectivity index (χ2n) is 5.05. The van der Waals surface area contributed by atoms with Gasteiger partial charge in [-0.25, -0.2) is 9.59 Å². The van der Waals surface area contributed by atoms with E-state index < -0.39 is 11.5 Å². The molecule has 2 rings (SSSR count). The molecule has 0 aliphatic carbocycles. The lowest BCUT2D eigenvalue weighted by Gasteiger charge is -2.39. The van der Waals surface area contributed by atoms with Crippen LogP contribution in [0, 0.1) is 0 Å². The molecule has 2 N–H and O–H groups in total. The van der Waals surface area contributed by atoms with Gasteiger partial charge in [0.25, 0.3) is 0 Å². The van der Waals surface area contributed by atoms with Gasteiger partial charge in [-0.1, -0.05) is 0 Å². The highest BCUT2D eigenvalue weighted by atomic mass is 16.5. The molecule has 7 heteroatoms. The molecular weight excluding hydrogens is 252 g/mol. The molecule has 2 heterocycles. The van der Waals surface area contributed by atoms with E-state index in [1.54, 1.807) is 4.90 Å². The van der Waals surface area contributed by atoms with E-state index in [0.717, 1.165) is 0 Å². The van der Waals surface area contributed by atoms with Crippen molar-refractivity contribution in [2.45, 2.75) is 31.3 Å². The fourth-order valence-corrected chi connectivity index (χ4v) is 2.42. The van der Waals surface area contributed by atoms with Gasteiger partial charge in [-0.15, -0.1) is 0 Å². The van der Waals surface area contributed by atoms with Gasteiger partial charge >= 0.3 is 12.0 Å². The van der Waals surface area contributed by atoms with Crippen molar-refractivity contribution < 1.29 is 24.2 Å². The predicted molar refractivity (Wildman–Crippen MR) is 65.9 cm³/mol. The number of nitrogens with zero attached hydrogens (tertiary/aromatic N) is 1. The highest BCUT2D eigenvalue weighted by molar-refractivity contribution is 5.86. The summed E-state index contributed by atoms with van der Waals surface area (Å²) >= 11 is 0. The van der Waals surface area contributed by atoms with Gasteiger partial charge in [-0.05, 0) is 6.92 Å². The third kappa shape index (κ3) is 2.98. The molecular formula is C12H20N2O5. The summed E-state index contributed by atoms with van der Waals surface area (Å²) in [7, 11) is 0. The zero-order valence-corrected chi connectivity index (χ0v) is 11.1. The third-order valence-corrected chi connectivity index (χ3v) is 3.73. The molecule has 108 valence electrons. The SMILES string of the molecule is CC1COCCN1C(=O)NC1(C(=O)O)CCOCC1. The number of aliphatic carboxylic acids is 1. The number of morpholine rings is 1. The van der Waals surface area contributed by atoms with E-state index in [1.165, 1.54) is 0 Å². The summed E-state index contributed by atoms with van der Waals surface area (Å²) in [5, 5.41) is 12.1. The number of carboxylic acids is 1. The summed E-state index contributed by atoms with van der Waals surface area (Å²) in [5.41, 5.74) is -1.20. The molecule has 1 unspecified atom stereocenters. The number of hydrogen-bond donors (Lipinski definition) is 2. The second-order valence-corrected chi connectivity index (χ2v) is 5.05. The second kappa shape index (κ2) is 5.75. The number of urea groups is 1. The largest absolute Gasteiger partial charge is 0.480 e. The number of hydrogen-bond acceptors (Lipinski definition) is 4. The van der Waals surface area contributed by atoms with Crippen LogP contribution in [0.25, 0.3) is 0 Å². The first-order valence-electron chi connectivity index (χ1n) is 6.53. The van der Waals surface area contributed by atoms with Crippen LogP contribution in [0.1, 0.15) is 19.8 Å². The van der Waals surface area contributed by atoms with E-state index >= 15 is 0 Å². The van der Waals surface area contributed by atoms with Gasteiger partial charge in [0, 0.05) is 32.6 Å². The van der Waals surface area contributed by atoms with E-state index in [4.69, 9.17) is 9.47 Å². The smallest absolute Gasteiger partial charge is 0.329 e. The number of nitrogens with one attached hydrogen (secondary N) is 1. The lowest BCUT2D eigenvalue weighted by Crippen LogP contribution is -2.62. The molecule has 0 radical (unpaired) electrons. The number of carboxylic acid groups (broad SMARTS) is 1. The van der Waals surface area contributed by atoms with E-state index in [2.05, 4.69) is 5.32 Å². The van der Waals surface area contributed by atoms with Gasteiger partial charge < -0.3 is 24.8 Å². The van der Waals surface area contributed by atoms with Crippen molar-refractivity contribution in [3.63, 3.8) is 0 Å². The van der Waals surface area contributed by atoms with Crippen LogP contribution in [0.3, 0.4) is 0 Å². The molecule has 7 nitrogen and oxygen atoms in total. The minimum atomic E-state index is -1.20. The van der Waals surface area contributed by atoms with Crippen LogP contribution in [-0.4, -0.2) is 66.6 Å². The van der Waals surface area contributed by atoms with Gasteiger partial charge in [-0.3, -0.25) is 0 Å². The Morgan fingerprint density at radius 1 is 1.26 bits per heavy atom. The summed E-state index contributed by atoms with van der Waals surface area (Å²) in [6.07, 6.45) is 0.597.